The van der Waals surface area contributed by atoms with Crippen LogP contribution in [0.15, 0.2) is 6.07 Å². The molecular formula is C18H29N5O3. The predicted octanol–water partition coefficient (Wildman–Crippen LogP) is -0.107. The van der Waals surface area contributed by atoms with Crippen molar-refractivity contribution in [2.24, 2.45) is 0 Å². The van der Waals surface area contributed by atoms with Gasteiger partial charge in [0, 0.05) is 57.9 Å². The molecule has 8 heteroatoms. The molecule has 0 aromatic carbocycles. The van der Waals surface area contributed by atoms with Gasteiger partial charge in [-0.15, -0.1) is 0 Å². The molecule has 0 atom stereocenters. The zero-order valence-corrected chi connectivity index (χ0v) is 15.8. The van der Waals surface area contributed by atoms with Crippen molar-refractivity contribution in [3.05, 3.63) is 17.5 Å². The number of ether oxygens (including phenoxy) is 1. The lowest BCUT2D eigenvalue weighted by atomic mass is 10.2. The maximum Gasteiger partial charge on any atom is 0.236 e. The van der Waals surface area contributed by atoms with Gasteiger partial charge in [-0.3, -0.25) is 19.2 Å². The Morgan fingerprint density at radius 2 is 1.62 bits per heavy atom. The zero-order valence-electron chi connectivity index (χ0n) is 15.8. The highest BCUT2D eigenvalue weighted by Gasteiger charge is 2.25. The second kappa shape index (κ2) is 8.64. The van der Waals surface area contributed by atoms with Gasteiger partial charge in [0.1, 0.15) is 0 Å². The van der Waals surface area contributed by atoms with Crippen molar-refractivity contribution in [3.63, 3.8) is 0 Å². The molecule has 0 saturated carbocycles. The molecule has 144 valence electrons. The Kier molecular flexibility index (Phi) is 6.26. The molecule has 0 bridgehead atoms. The smallest absolute Gasteiger partial charge is 0.236 e. The summed E-state index contributed by atoms with van der Waals surface area (Å²) in [6.45, 7) is 10.5. The summed E-state index contributed by atoms with van der Waals surface area (Å²) in [5.41, 5.74) is 2.05. The monoisotopic (exact) mass is 363 g/mol. The molecule has 3 rings (SSSR count). The van der Waals surface area contributed by atoms with E-state index in [1.807, 2.05) is 34.4 Å². The van der Waals surface area contributed by atoms with E-state index in [0.29, 0.717) is 58.9 Å². The second-order valence-corrected chi connectivity index (χ2v) is 7.05. The van der Waals surface area contributed by atoms with Gasteiger partial charge in [0.25, 0.3) is 0 Å². The first-order chi connectivity index (χ1) is 12.5. The van der Waals surface area contributed by atoms with E-state index in [4.69, 9.17) is 4.74 Å². The van der Waals surface area contributed by atoms with Crippen LogP contribution in [0.4, 0.5) is 0 Å². The number of amides is 2. The zero-order chi connectivity index (χ0) is 18.5. The molecule has 2 amide bonds. The number of aromatic nitrogens is 2. The van der Waals surface area contributed by atoms with Crippen LogP contribution >= 0.6 is 0 Å². The van der Waals surface area contributed by atoms with Crippen LogP contribution in [0.2, 0.25) is 0 Å². The summed E-state index contributed by atoms with van der Waals surface area (Å²) in [4.78, 5) is 30.7. The number of carbonyl (C=O) groups excluding carboxylic acids is 2. The largest absolute Gasteiger partial charge is 0.379 e. The Morgan fingerprint density at radius 3 is 2.19 bits per heavy atom. The van der Waals surface area contributed by atoms with E-state index in [1.165, 1.54) is 0 Å². The third-order valence-electron chi connectivity index (χ3n) is 5.09. The standard InChI is InChI=1S/C18H29N5O3/c1-15-13-16(2)23(19-15)4-3-17(24)21-5-7-22(8-6-21)18(25)14-20-9-11-26-12-10-20/h13H,3-12,14H2,1-2H3. The van der Waals surface area contributed by atoms with Gasteiger partial charge in [-0.2, -0.15) is 5.10 Å². The van der Waals surface area contributed by atoms with Crippen molar-refractivity contribution in [3.8, 4) is 0 Å². The van der Waals surface area contributed by atoms with Gasteiger partial charge >= 0.3 is 0 Å². The van der Waals surface area contributed by atoms with E-state index in [2.05, 4.69) is 10.00 Å². The van der Waals surface area contributed by atoms with Crippen LogP contribution < -0.4 is 0 Å². The van der Waals surface area contributed by atoms with Gasteiger partial charge in [-0.05, 0) is 19.9 Å². The molecule has 0 N–H and O–H groups in total. The number of nitrogens with zero attached hydrogens (tertiary/aromatic N) is 5. The first kappa shape index (κ1) is 18.8. The molecule has 2 saturated heterocycles. The second-order valence-electron chi connectivity index (χ2n) is 7.05. The number of piperazine rings is 1. The molecule has 2 aliphatic rings. The van der Waals surface area contributed by atoms with Crippen molar-refractivity contribution in [1.82, 2.24) is 24.5 Å². The molecule has 0 aliphatic carbocycles. The quantitative estimate of drug-likeness (QED) is 0.730. The van der Waals surface area contributed by atoms with E-state index in [-0.39, 0.29) is 11.8 Å². The lowest BCUT2D eigenvalue weighted by Crippen LogP contribution is -2.53. The predicted molar refractivity (Wildman–Crippen MR) is 96.7 cm³/mol. The first-order valence-corrected chi connectivity index (χ1v) is 9.39. The Bertz CT molecular complexity index is 631. The summed E-state index contributed by atoms with van der Waals surface area (Å²) in [5.74, 6) is 0.291. The summed E-state index contributed by atoms with van der Waals surface area (Å²) in [6, 6.07) is 2.02. The van der Waals surface area contributed by atoms with Gasteiger partial charge in [0.05, 0.1) is 25.5 Å². The van der Waals surface area contributed by atoms with Gasteiger partial charge in [0.2, 0.25) is 11.8 Å². The van der Waals surface area contributed by atoms with Crippen molar-refractivity contribution >= 4 is 11.8 Å². The Balaban J connectivity index is 1.40. The van der Waals surface area contributed by atoms with E-state index in [0.717, 1.165) is 24.5 Å². The highest BCUT2D eigenvalue weighted by Crippen LogP contribution is 2.08. The molecule has 1 aromatic heterocycles. The minimum absolute atomic E-state index is 0.137. The fourth-order valence-electron chi connectivity index (χ4n) is 3.52. The van der Waals surface area contributed by atoms with Crippen molar-refractivity contribution < 1.29 is 14.3 Å². The Morgan fingerprint density at radius 1 is 1.00 bits per heavy atom. The van der Waals surface area contributed by atoms with Gasteiger partial charge in [-0.25, -0.2) is 0 Å². The maximum absolute atomic E-state index is 12.4. The van der Waals surface area contributed by atoms with Gasteiger partial charge in [0.15, 0.2) is 0 Å². The summed E-state index contributed by atoms with van der Waals surface area (Å²) >= 11 is 0. The summed E-state index contributed by atoms with van der Waals surface area (Å²) < 4.78 is 7.20. The van der Waals surface area contributed by atoms with Crippen molar-refractivity contribution in [2.45, 2.75) is 26.8 Å². The molecule has 8 nitrogen and oxygen atoms in total. The molecule has 0 unspecified atom stereocenters. The minimum Gasteiger partial charge on any atom is -0.379 e. The molecule has 2 aliphatic heterocycles. The van der Waals surface area contributed by atoms with Crippen LogP contribution in [0.1, 0.15) is 17.8 Å². The molecule has 2 fully saturated rings. The highest BCUT2D eigenvalue weighted by molar-refractivity contribution is 5.79. The molecule has 0 radical (unpaired) electrons. The third kappa shape index (κ3) is 4.82. The van der Waals surface area contributed by atoms with Crippen LogP contribution in [-0.2, 0) is 20.9 Å². The normalized spacial score (nSPS) is 19.0. The topological polar surface area (TPSA) is 70.9 Å². The number of aryl methyl sites for hydroxylation is 3. The third-order valence-corrected chi connectivity index (χ3v) is 5.09. The minimum atomic E-state index is 0.137. The fraction of sp³-hybridized carbons (Fsp3) is 0.722. The Labute approximate surface area is 154 Å². The van der Waals surface area contributed by atoms with Crippen LogP contribution in [0.25, 0.3) is 0 Å². The molecule has 1 aromatic rings. The van der Waals surface area contributed by atoms with Crippen molar-refractivity contribution in [2.75, 3.05) is 59.0 Å². The summed E-state index contributed by atoms with van der Waals surface area (Å²) in [5, 5.41) is 4.40. The molecule has 26 heavy (non-hydrogen) atoms. The van der Waals surface area contributed by atoms with E-state index < -0.39 is 0 Å². The number of morpholine rings is 1. The van der Waals surface area contributed by atoms with E-state index in [9.17, 15) is 9.59 Å². The van der Waals surface area contributed by atoms with Gasteiger partial charge < -0.3 is 14.5 Å². The first-order valence-electron chi connectivity index (χ1n) is 9.39. The average molecular weight is 363 g/mol. The average Bonchev–Trinajstić information content (AvgIpc) is 2.98. The van der Waals surface area contributed by atoms with Crippen LogP contribution in [0.5, 0.6) is 0 Å². The lowest BCUT2D eigenvalue weighted by molar-refractivity contribution is -0.140. The van der Waals surface area contributed by atoms with Crippen LogP contribution in [0.3, 0.4) is 0 Å². The number of carbonyl (C=O) groups is 2. The van der Waals surface area contributed by atoms with E-state index in [1.54, 1.807) is 0 Å². The van der Waals surface area contributed by atoms with Crippen molar-refractivity contribution in [1.29, 1.82) is 0 Å². The number of rotatable bonds is 5. The van der Waals surface area contributed by atoms with Crippen LogP contribution in [-0.4, -0.2) is 95.3 Å². The maximum atomic E-state index is 12.4. The fourth-order valence-corrected chi connectivity index (χ4v) is 3.52. The summed E-state index contributed by atoms with van der Waals surface area (Å²) in [7, 11) is 0. The molecule has 3 heterocycles. The SMILES string of the molecule is Cc1cc(C)n(CCC(=O)N2CCN(C(=O)CN3CCOCC3)CC2)n1. The van der Waals surface area contributed by atoms with Crippen LogP contribution in [0, 0.1) is 13.8 Å². The summed E-state index contributed by atoms with van der Waals surface area (Å²) in [6.07, 6.45) is 0.448. The van der Waals surface area contributed by atoms with Gasteiger partial charge in [-0.1, -0.05) is 0 Å². The number of hydrogen-bond acceptors (Lipinski definition) is 5. The molecule has 0 spiro atoms. The number of hydrogen-bond donors (Lipinski definition) is 0. The molecular weight excluding hydrogens is 334 g/mol. The van der Waals surface area contributed by atoms with E-state index >= 15 is 0 Å². The Hall–Kier alpha value is -1.93. The highest BCUT2D eigenvalue weighted by atomic mass is 16.5. The lowest BCUT2D eigenvalue weighted by Gasteiger charge is -2.36.